The molecule has 57 heavy (non-hydrogen) atoms. The molecule has 0 fully saturated rings. The van der Waals surface area contributed by atoms with Crippen LogP contribution < -0.4 is 10.1 Å². The molecule has 18 heteroatoms. The van der Waals surface area contributed by atoms with Gasteiger partial charge >= 0.3 is 35.9 Å². The van der Waals surface area contributed by atoms with Crippen LogP contribution in [0.25, 0.3) is 0 Å². The fourth-order valence-corrected chi connectivity index (χ4v) is 6.42. The first-order chi connectivity index (χ1) is 27.0. The highest BCUT2D eigenvalue weighted by atomic mass is 16.6. The summed E-state index contributed by atoms with van der Waals surface area (Å²) in [7, 11) is 3.41. The van der Waals surface area contributed by atoms with E-state index < -0.39 is 61.6 Å². The number of carbonyl (C=O) groups is 6. The predicted molar refractivity (Wildman–Crippen MR) is 198 cm³/mol. The Balaban J connectivity index is 0.000000442. The zero-order valence-corrected chi connectivity index (χ0v) is 30.5. The van der Waals surface area contributed by atoms with Gasteiger partial charge in [-0.05, 0) is 30.3 Å². The molecular formula is C39H38N4O14. The molecule has 298 valence electrons. The van der Waals surface area contributed by atoms with Crippen LogP contribution in [0.15, 0.2) is 78.9 Å². The summed E-state index contributed by atoms with van der Waals surface area (Å²) in [5.74, 6) is -6.62. The number of para-hydroxylation sites is 1. The van der Waals surface area contributed by atoms with Gasteiger partial charge in [-0.25, -0.2) is 9.59 Å². The minimum absolute atomic E-state index is 0.0156. The second kappa shape index (κ2) is 17.1. The van der Waals surface area contributed by atoms with E-state index in [1.165, 1.54) is 35.2 Å². The molecule has 0 saturated carbocycles. The number of esters is 1. The van der Waals surface area contributed by atoms with Crippen molar-refractivity contribution in [3.8, 4) is 23.0 Å². The summed E-state index contributed by atoms with van der Waals surface area (Å²) in [6.45, 7) is -3.27. The Morgan fingerprint density at radius 2 is 1.07 bits per heavy atom. The lowest BCUT2D eigenvalue weighted by Crippen LogP contribution is -2.36. The number of rotatable bonds is 13. The average Bonchev–Trinajstić information content (AvgIpc) is 3.41. The average molecular weight is 787 g/mol. The predicted octanol–water partition coefficient (Wildman–Crippen LogP) is 3.39. The van der Waals surface area contributed by atoms with Gasteiger partial charge in [-0.2, -0.15) is 0 Å². The Kier molecular flexibility index (Phi) is 12.3. The summed E-state index contributed by atoms with van der Waals surface area (Å²) in [4.78, 5) is 73.6. The summed E-state index contributed by atoms with van der Waals surface area (Å²) in [5.41, 5.74) is 0.180. The van der Waals surface area contributed by atoms with Gasteiger partial charge in [0.2, 0.25) is 0 Å². The molecule has 0 saturated heterocycles. The van der Waals surface area contributed by atoms with E-state index >= 15 is 0 Å². The Bertz CT molecular complexity index is 2100. The number of hydrogen-bond acceptors (Lipinski definition) is 12. The monoisotopic (exact) mass is 786 g/mol. The van der Waals surface area contributed by atoms with Crippen molar-refractivity contribution in [1.82, 2.24) is 14.7 Å². The number of benzene rings is 4. The molecule has 0 radical (unpaired) electrons. The number of carbonyl (C=O) groups excluding carboxylic acids is 2. The molecule has 0 bridgehead atoms. The number of amides is 2. The highest BCUT2D eigenvalue weighted by molar-refractivity contribution is 5.97. The van der Waals surface area contributed by atoms with E-state index in [0.29, 0.717) is 5.56 Å². The van der Waals surface area contributed by atoms with Crippen molar-refractivity contribution < 1.29 is 68.9 Å². The number of nitrogens with one attached hydrogen (secondary N) is 1. The van der Waals surface area contributed by atoms with E-state index in [1.807, 2.05) is 30.3 Å². The van der Waals surface area contributed by atoms with Crippen LogP contribution in [0.1, 0.15) is 38.2 Å². The molecule has 1 spiro atoms. The van der Waals surface area contributed by atoms with Gasteiger partial charge in [-0.1, -0.05) is 36.4 Å². The van der Waals surface area contributed by atoms with Gasteiger partial charge in [0.05, 0.1) is 31.7 Å². The Morgan fingerprint density at radius 1 is 0.632 bits per heavy atom. The van der Waals surface area contributed by atoms with Crippen LogP contribution >= 0.6 is 0 Å². The van der Waals surface area contributed by atoms with Crippen molar-refractivity contribution >= 4 is 41.6 Å². The molecule has 4 aromatic carbocycles. The van der Waals surface area contributed by atoms with Crippen LogP contribution in [0.5, 0.6) is 23.0 Å². The van der Waals surface area contributed by atoms with E-state index in [0.717, 1.165) is 15.5 Å². The lowest BCUT2D eigenvalue weighted by atomic mass is 9.76. The van der Waals surface area contributed by atoms with Crippen LogP contribution in [-0.4, -0.2) is 121 Å². The summed E-state index contributed by atoms with van der Waals surface area (Å²) in [5, 5.41) is 61.7. The van der Waals surface area contributed by atoms with Crippen molar-refractivity contribution in [2.24, 2.45) is 0 Å². The molecule has 2 aliphatic rings. The van der Waals surface area contributed by atoms with Crippen LogP contribution in [0.3, 0.4) is 0 Å². The Morgan fingerprint density at radius 3 is 1.51 bits per heavy atom. The Hall–Kier alpha value is -7.18. The van der Waals surface area contributed by atoms with Crippen molar-refractivity contribution in [3.05, 3.63) is 112 Å². The summed E-state index contributed by atoms with van der Waals surface area (Å²) < 4.78 is 12.1. The summed E-state index contributed by atoms with van der Waals surface area (Å²) >= 11 is 0. The van der Waals surface area contributed by atoms with Gasteiger partial charge in [-0.3, -0.25) is 29.0 Å². The maximum Gasteiger partial charge on any atom is 0.340 e. The summed E-state index contributed by atoms with van der Waals surface area (Å²) in [6.07, 6.45) is 0. The zero-order valence-electron chi connectivity index (χ0n) is 30.5. The highest BCUT2D eigenvalue weighted by Crippen LogP contribution is 2.58. The van der Waals surface area contributed by atoms with Crippen molar-refractivity contribution in [3.63, 3.8) is 0 Å². The van der Waals surface area contributed by atoms with Crippen LogP contribution in [0.2, 0.25) is 0 Å². The molecule has 0 atom stereocenters. The largest absolute Gasteiger partial charge is 0.507 e. The fourth-order valence-electron chi connectivity index (χ4n) is 6.42. The molecule has 2 aliphatic heterocycles. The van der Waals surface area contributed by atoms with Gasteiger partial charge < -0.3 is 50.3 Å². The maximum absolute atomic E-state index is 13.3. The fraction of sp³-hybridized carbons (Fsp3) is 0.231. The first-order valence-corrected chi connectivity index (χ1v) is 17.1. The number of aromatic hydroxyl groups is 2. The number of carboxylic acids is 4. The SMILES string of the molecule is CN(C)C(=O)Nc1ccccc1.O=C(O)CN(CC(=O)O)Cc1cc2c(cc1O)Oc1cc(O)c(CN(CC(=O)O)CC(=O)O)cc1C21OC(=O)c2ccccc21. The topological polar surface area (TPSA) is 264 Å². The van der Waals surface area contributed by atoms with Crippen LogP contribution in [0, 0.1) is 0 Å². The first-order valence-electron chi connectivity index (χ1n) is 17.1. The number of anilines is 1. The zero-order chi connectivity index (χ0) is 41.6. The van der Waals surface area contributed by atoms with E-state index in [9.17, 15) is 59.4 Å². The smallest absolute Gasteiger partial charge is 0.340 e. The van der Waals surface area contributed by atoms with Crippen molar-refractivity contribution in [2.75, 3.05) is 45.6 Å². The molecule has 0 aliphatic carbocycles. The van der Waals surface area contributed by atoms with Gasteiger partial charge in [-0.15, -0.1) is 0 Å². The van der Waals surface area contributed by atoms with Gasteiger partial charge in [0, 0.05) is 72.8 Å². The lowest BCUT2D eigenvalue weighted by molar-refractivity contribution is -0.144. The molecule has 2 amide bonds. The third-order valence-corrected chi connectivity index (χ3v) is 8.77. The quantitative estimate of drug-likeness (QED) is 0.0958. The van der Waals surface area contributed by atoms with E-state index in [1.54, 1.807) is 32.3 Å². The van der Waals surface area contributed by atoms with Crippen LogP contribution in [0.4, 0.5) is 10.5 Å². The first kappa shape index (κ1) is 41.0. The molecular weight excluding hydrogens is 748 g/mol. The van der Waals surface area contributed by atoms with Gasteiger partial charge in [0.25, 0.3) is 0 Å². The normalized spacial score (nSPS) is 12.9. The van der Waals surface area contributed by atoms with Gasteiger partial charge in [0.15, 0.2) is 5.60 Å². The number of ether oxygens (including phenoxy) is 2. The summed E-state index contributed by atoms with van der Waals surface area (Å²) in [6, 6.07) is 20.9. The van der Waals surface area contributed by atoms with Crippen molar-refractivity contribution in [2.45, 2.75) is 18.7 Å². The van der Waals surface area contributed by atoms with E-state index in [-0.39, 0.29) is 69.9 Å². The lowest BCUT2D eigenvalue weighted by Gasteiger charge is -2.37. The standard InChI is InChI=1S/C30H26N2O13.C9H12N2O/c33-21-7-23-19(5-15(21)9-31(11-25(35)36)12-26(37)38)30(18-4-2-1-3-17(18)29(43)45-30)20-6-16(22(34)8-24(20)44-23)10-32(13-27(39)40)14-28(41)42;1-11(2)9(12)10-8-6-4-3-5-7-8/h1-8,33-34H,9-14H2,(H,35,36)(H,37,38)(H,39,40)(H,41,42);3-7H,1-2H3,(H,10,12). The number of carboxylic acid groups (broad SMARTS) is 4. The third kappa shape index (κ3) is 9.38. The second-order valence-corrected chi connectivity index (χ2v) is 13.2. The van der Waals surface area contributed by atoms with Crippen molar-refractivity contribution in [1.29, 1.82) is 0 Å². The molecule has 4 aromatic rings. The molecule has 7 N–H and O–H groups in total. The number of hydrogen-bond donors (Lipinski definition) is 7. The number of phenols is 2. The van der Waals surface area contributed by atoms with E-state index in [2.05, 4.69) is 5.32 Å². The highest BCUT2D eigenvalue weighted by Gasteiger charge is 2.54. The minimum Gasteiger partial charge on any atom is -0.507 e. The number of aliphatic carboxylic acids is 4. The molecule has 0 aromatic heterocycles. The molecule has 6 rings (SSSR count). The van der Waals surface area contributed by atoms with Gasteiger partial charge in [0.1, 0.15) is 23.0 Å². The third-order valence-electron chi connectivity index (χ3n) is 8.77. The minimum atomic E-state index is -1.75. The molecule has 2 heterocycles. The number of phenolic OH excluding ortho intramolecular Hbond substituents is 2. The molecule has 18 nitrogen and oxygen atoms in total. The number of fused-ring (bicyclic) bond motifs is 6. The van der Waals surface area contributed by atoms with E-state index in [4.69, 9.17) is 9.47 Å². The Labute approximate surface area is 324 Å². The maximum atomic E-state index is 13.3. The number of nitrogens with zero attached hydrogens (tertiary/aromatic N) is 3. The number of urea groups is 1. The second-order valence-electron chi connectivity index (χ2n) is 13.2. The molecule has 0 unspecified atom stereocenters. The van der Waals surface area contributed by atoms with Crippen LogP contribution in [-0.2, 0) is 42.6 Å².